The summed E-state index contributed by atoms with van der Waals surface area (Å²) in [7, 11) is 0. The monoisotopic (exact) mass is 278 g/mol. The first-order valence-electron chi connectivity index (χ1n) is 6.71. The third-order valence-electron chi connectivity index (χ3n) is 2.96. The number of hydrogen-bond donors (Lipinski definition) is 3. The van der Waals surface area contributed by atoms with Gasteiger partial charge in [-0.1, -0.05) is 30.3 Å². The minimum absolute atomic E-state index is 0.0716. The van der Waals surface area contributed by atoms with Crippen LogP contribution in [0.4, 0.5) is 4.79 Å². The largest absolute Gasteiger partial charge is 0.481 e. The lowest BCUT2D eigenvalue weighted by atomic mass is 9.95. The number of carbonyl (C=O) groups excluding carboxylic acids is 1. The third kappa shape index (κ3) is 6.78. The predicted octanol–water partition coefficient (Wildman–Crippen LogP) is 2.17. The van der Waals surface area contributed by atoms with Crippen molar-refractivity contribution in [3.05, 3.63) is 35.9 Å². The lowest BCUT2D eigenvalue weighted by Gasteiger charge is -2.26. The summed E-state index contributed by atoms with van der Waals surface area (Å²) < 4.78 is 0. The first-order chi connectivity index (χ1) is 9.39. The lowest BCUT2D eigenvalue weighted by Crippen LogP contribution is -2.48. The van der Waals surface area contributed by atoms with Crippen molar-refractivity contribution in [2.24, 2.45) is 0 Å². The molecule has 0 aliphatic heterocycles. The van der Waals surface area contributed by atoms with Gasteiger partial charge in [-0.15, -0.1) is 0 Å². The molecule has 1 aromatic rings. The Morgan fingerprint density at radius 1 is 1.20 bits per heavy atom. The summed E-state index contributed by atoms with van der Waals surface area (Å²) in [5.74, 6) is -0.923. The van der Waals surface area contributed by atoms with E-state index in [1.165, 1.54) is 5.56 Å². The number of nitrogens with one attached hydrogen (secondary N) is 2. The highest BCUT2D eigenvalue weighted by Crippen LogP contribution is 2.13. The van der Waals surface area contributed by atoms with Crippen LogP contribution in [0.3, 0.4) is 0 Å². The van der Waals surface area contributed by atoms with Crippen molar-refractivity contribution >= 4 is 12.0 Å². The molecule has 2 amide bonds. The number of amides is 2. The van der Waals surface area contributed by atoms with Crippen molar-refractivity contribution in [1.82, 2.24) is 10.6 Å². The number of rotatable bonds is 7. The lowest BCUT2D eigenvalue weighted by molar-refractivity contribution is -0.136. The molecule has 1 rings (SSSR count). The molecule has 0 spiro atoms. The summed E-state index contributed by atoms with van der Waals surface area (Å²) in [6, 6.07) is 9.75. The van der Waals surface area contributed by atoms with Crippen LogP contribution in [0.15, 0.2) is 30.3 Å². The van der Waals surface area contributed by atoms with Crippen molar-refractivity contribution in [2.75, 3.05) is 6.54 Å². The summed E-state index contributed by atoms with van der Waals surface area (Å²) in [5.41, 5.74) is 0.886. The highest BCUT2D eigenvalue weighted by Gasteiger charge is 2.20. The van der Waals surface area contributed by atoms with Crippen LogP contribution in [0.5, 0.6) is 0 Å². The van der Waals surface area contributed by atoms with Gasteiger partial charge in [0.1, 0.15) is 0 Å². The molecule has 0 saturated carbocycles. The topological polar surface area (TPSA) is 78.4 Å². The molecule has 0 bridgehead atoms. The van der Waals surface area contributed by atoms with Gasteiger partial charge < -0.3 is 15.7 Å². The van der Waals surface area contributed by atoms with E-state index < -0.39 is 5.97 Å². The summed E-state index contributed by atoms with van der Waals surface area (Å²) in [6.45, 7) is 4.04. The predicted molar refractivity (Wildman–Crippen MR) is 77.6 cm³/mol. The van der Waals surface area contributed by atoms with Gasteiger partial charge in [0.15, 0.2) is 0 Å². The fourth-order valence-electron chi connectivity index (χ4n) is 1.80. The van der Waals surface area contributed by atoms with E-state index in [1.807, 2.05) is 32.0 Å². The maximum atomic E-state index is 11.6. The second-order valence-corrected chi connectivity index (χ2v) is 5.39. The fraction of sp³-hybridized carbons (Fsp3) is 0.467. The summed E-state index contributed by atoms with van der Waals surface area (Å²) in [5, 5.41) is 13.9. The fourth-order valence-corrected chi connectivity index (χ4v) is 1.80. The molecule has 5 heteroatoms. The van der Waals surface area contributed by atoms with Crippen LogP contribution in [-0.2, 0) is 11.2 Å². The number of carbonyl (C=O) groups is 2. The number of carboxylic acid groups (broad SMARTS) is 1. The number of aliphatic carboxylic acids is 1. The summed E-state index contributed by atoms with van der Waals surface area (Å²) in [4.78, 5) is 22.0. The number of aryl methyl sites for hydroxylation is 1. The zero-order chi connectivity index (χ0) is 15.0. The SMILES string of the molecule is CC(C)(CCc1ccccc1)NC(=O)NCCC(=O)O. The maximum absolute atomic E-state index is 11.6. The molecule has 0 aliphatic carbocycles. The number of hydrogen-bond acceptors (Lipinski definition) is 2. The van der Waals surface area contributed by atoms with Crippen LogP contribution < -0.4 is 10.6 Å². The van der Waals surface area contributed by atoms with Gasteiger partial charge >= 0.3 is 12.0 Å². The van der Waals surface area contributed by atoms with Crippen molar-refractivity contribution in [2.45, 2.75) is 38.6 Å². The highest BCUT2D eigenvalue weighted by molar-refractivity contribution is 5.75. The average Bonchev–Trinajstić information content (AvgIpc) is 2.37. The van der Waals surface area contributed by atoms with Gasteiger partial charge in [0.05, 0.1) is 6.42 Å². The van der Waals surface area contributed by atoms with Crippen LogP contribution in [0.1, 0.15) is 32.3 Å². The molecule has 3 N–H and O–H groups in total. The van der Waals surface area contributed by atoms with E-state index in [0.717, 1.165) is 12.8 Å². The number of urea groups is 1. The van der Waals surface area contributed by atoms with Gasteiger partial charge in [-0.25, -0.2) is 4.79 Å². The smallest absolute Gasteiger partial charge is 0.315 e. The van der Waals surface area contributed by atoms with E-state index >= 15 is 0 Å². The van der Waals surface area contributed by atoms with Crippen molar-refractivity contribution in [1.29, 1.82) is 0 Å². The molecular formula is C15H22N2O3. The Kier molecular flexibility index (Phi) is 6.03. The highest BCUT2D eigenvalue weighted by atomic mass is 16.4. The van der Waals surface area contributed by atoms with E-state index in [9.17, 15) is 9.59 Å². The molecule has 0 saturated heterocycles. The minimum Gasteiger partial charge on any atom is -0.481 e. The maximum Gasteiger partial charge on any atom is 0.315 e. The molecule has 0 aliphatic rings. The van der Waals surface area contributed by atoms with Crippen molar-refractivity contribution < 1.29 is 14.7 Å². The Hall–Kier alpha value is -2.04. The molecule has 0 radical (unpaired) electrons. The van der Waals surface area contributed by atoms with E-state index in [-0.39, 0.29) is 24.5 Å². The Bertz CT molecular complexity index is 444. The molecule has 0 fully saturated rings. The Morgan fingerprint density at radius 3 is 2.45 bits per heavy atom. The normalized spacial score (nSPS) is 10.9. The third-order valence-corrected chi connectivity index (χ3v) is 2.96. The molecule has 20 heavy (non-hydrogen) atoms. The van der Waals surface area contributed by atoms with E-state index in [1.54, 1.807) is 0 Å². The molecule has 1 aromatic carbocycles. The molecule has 0 aromatic heterocycles. The average molecular weight is 278 g/mol. The van der Waals surface area contributed by atoms with Gasteiger partial charge in [0.2, 0.25) is 0 Å². The number of carboxylic acids is 1. The minimum atomic E-state index is -0.923. The number of benzene rings is 1. The summed E-state index contributed by atoms with van der Waals surface area (Å²) in [6.07, 6.45) is 1.62. The standard InChI is InChI=1S/C15H22N2O3/c1-15(2,10-8-12-6-4-3-5-7-12)17-14(20)16-11-9-13(18)19/h3-7H,8-11H2,1-2H3,(H,18,19)(H2,16,17,20). The first kappa shape index (κ1) is 16.0. The van der Waals surface area contributed by atoms with Crippen LogP contribution in [-0.4, -0.2) is 29.2 Å². The molecule has 0 atom stereocenters. The van der Waals surface area contributed by atoms with Crippen LogP contribution >= 0.6 is 0 Å². The van der Waals surface area contributed by atoms with Gasteiger partial charge in [0, 0.05) is 12.1 Å². The van der Waals surface area contributed by atoms with Crippen LogP contribution in [0.2, 0.25) is 0 Å². The Morgan fingerprint density at radius 2 is 1.85 bits per heavy atom. The van der Waals surface area contributed by atoms with Gasteiger partial charge in [-0.05, 0) is 32.3 Å². The second kappa shape index (κ2) is 7.53. The molecule has 5 nitrogen and oxygen atoms in total. The molecule has 0 heterocycles. The Balaban J connectivity index is 2.33. The van der Waals surface area contributed by atoms with E-state index in [2.05, 4.69) is 22.8 Å². The second-order valence-electron chi connectivity index (χ2n) is 5.39. The zero-order valence-corrected chi connectivity index (χ0v) is 12.0. The van der Waals surface area contributed by atoms with Crippen LogP contribution in [0.25, 0.3) is 0 Å². The molecule has 110 valence electrons. The van der Waals surface area contributed by atoms with Crippen LogP contribution in [0, 0.1) is 0 Å². The van der Waals surface area contributed by atoms with Gasteiger partial charge in [-0.3, -0.25) is 4.79 Å². The van der Waals surface area contributed by atoms with E-state index in [4.69, 9.17) is 5.11 Å². The Labute approximate surface area is 119 Å². The van der Waals surface area contributed by atoms with Gasteiger partial charge in [0.25, 0.3) is 0 Å². The van der Waals surface area contributed by atoms with E-state index in [0.29, 0.717) is 0 Å². The first-order valence-corrected chi connectivity index (χ1v) is 6.71. The zero-order valence-electron chi connectivity index (χ0n) is 12.0. The molecular weight excluding hydrogens is 256 g/mol. The summed E-state index contributed by atoms with van der Waals surface area (Å²) >= 11 is 0. The quantitative estimate of drug-likeness (QED) is 0.715. The van der Waals surface area contributed by atoms with Gasteiger partial charge in [-0.2, -0.15) is 0 Å². The molecule has 0 unspecified atom stereocenters. The van der Waals surface area contributed by atoms with Crippen molar-refractivity contribution in [3.8, 4) is 0 Å². The van der Waals surface area contributed by atoms with Crippen molar-refractivity contribution in [3.63, 3.8) is 0 Å².